The summed E-state index contributed by atoms with van der Waals surface area (Å²) in [5.74, 6) is 1.71. The topological polar surface area (TPSA) is 31.1 Å². The van der Waals surface area contributed by atoms with Gasteiger partial charge in [-0.05, 0) is 62.1 Å². The summed E-state index contributed by atoms with van der Waals surface area (Å²) in [6, 6.07) is 11.1. The fraction of sp³-hybridized carbons (Fsp3) is 0.600. The van der Waals surface area contributed by atoms with Crippen molar-refractivity contribution in [2.45, 2.75) is 50.2 Å². The molecule has 1 aromatic carbocycles. The Morgan fingerprint density at radius 1 is 1.04 bits per heavy atom. The van der Waals surface area contributed by atoms with Crippen LogP contribution < -0.4 is 5.32 Å². The van der Waals surface area contributed by atoms with E-state index >= 15 is 0 Å². The predicted molar refractivity (Wildman–Crippen MR) is 92.5 cm³/mol. The number of hydrogen-bond acceptors (Lipinski definition) is 2. The Morgan fingerprint density at radius 2 is 2.00 bits per heavy atom. The molecule has 2 aromatic rings. The van der Waals surface area contributed by atoms with Gasteiger partial charge in [-0.25, -0.2) is 0 Å². The van der Waals surface area contributed by atoms with Gasteiger partial charge in [0, 0.05) is 35.2 Å². The average Bonchev–Trinajstić information content (AvgIpc) is 3.01. The molecule has 2 N–H and O–H groups in total. The Labute approximate surface area is 137 Å². The van der Waals surface area contributed by atoms with Gasteiger partial charge in [-0.1, -0.05) is 18.2 Å². The Balaban J connectivity index is 1.50. The van der Waals surface area contributed by atoms with Crippen molar-refractivity contribution in [3.8, 4) is 0 Å². The van der Waals surface area contributed by atoms with Gasteiger partial charge in [0.2, 0.25) is 0 Å². The minimum absolute atomic E-state index is 0.636. The monoisotopic (exact) mass is 307 g/mol. The average molecular weight is 307 g/mol. The van der Waals surface area contributed by atoms with Crippen LogP contribution in [0.5, 0.6) is 0 Å². The van der Waals surface area contributed by atoms with Gasteiger partial charge < -0.3 is 10.3 Å². The van der Waals surface area contributed by atoms with Crippen LogP contribution in [0.3, 0.4) is 0 Å². The third-order valence-corrected chi connectivity index (χ3v) is 7.26. The van der Waals surface area contributed by atoms with Crippen LogP contribution in [0.4, 0.5) is 0 Å². The second-order valence-electron chi connectivity index (χ2n) is 8.09. The number of aromatic amines is 1. The molecule has 3 nitrogen and oxygen atoms in total. The fourth-order valence-electron chi connectivity index (χ4n) is 6.48. The first-order valence-corrected chi connectivity index (χ1v) is 9.50. The third-order valence-electron chi connectivity index (χ3n) is 7.26. The van der Waals surface area contributed by atoms with Gasteiger partial charge in [0.1, 0.15) is 0 Å². The standard InChI is InChI=1S/C20H25N3/c1-2-6-16-12(4-1)13-9-11-23-17-8-7-15(20(23)19(13)22-16)18-14(17)5-3-10-21-18/h1-2,4,6,14-15,17-18,20-22H,3,5,7-11H2/t14-,15+,17-,18-,20-/m1/s1. The minimum atomic E-state index is 0.636. The SMILES string of the molecule is c1ccc2c3c([nH]c2c1)[C@H]1[C@H]2CC[C@H]([C@H]4CCCN[C@H]42)N1CC3. The molecule has 7 rings (SSSR count). The van der Waals surface area contributed by atoms with Crippen molar-refractivity contribution in [3.63, 3.8) is 0 Å². The lowest BCUT2D eigenvalue weighted by Crippen LogP contribution is -2.67. The summed E-state index contributed by atoms with van der Waals surface area (Å²) >= 11 is 0. The number of fused-ring (bicyclic) bond motifs is 4. The van der Waals surface area contributed by atoms with E-state index in [-0.39, 0.29) is 0 Å². The highest BCUT2D eigenvalue weighted by Gasteiger charge is 2.55. The Kier molecular flexibility index (Phi) is 2.61. The van der Waals surface area contributed by atoms with E-state index in [2.05, 4.69) is 39.5 Å². The number of hydrogen-bond donors (Lipinski definition) is 2. The van der Waals surface area contributed by atoms with Gasteiger partial charge in [-0.2, -0.15) is 0 Å². The number of para-hydroxylation sites is 1. The van der Waals surface area contributed by atoms with E-state index in [1.807, 2.05) is 0 Å². The molecule has 0 unspecified atom stereocenters. The molecule has 5 heterocycles. The normalized spacial score (nSPS) is 39.0. The van der Waals surface area contributed by atoms with Crippen molar-refractivity contribution >= 4 is 10.9 Å². The third kappa shape index (κ3) is 1.62. The molecule has 23 heavy (non-hydrogen) atoms. The first-order chi connectivity index (χ1) is 11.4. The zero-order valence-corrected chi connectivity index (χ0v) is 13.6. The zero-order valence-electron chi connectivity index (χ0n) is 13.6. The largest absolute Gasteiger partial charge is 0.357 e. The van der Waals surface area contributed by atoms with E-state index < -0.39 is 0 Å². The van der Waals surface area contributed by atoms with Crippen LogP contribution >= 0.6 is 0 Å². The molecule has 1 aromatic heterocycles. The lowest BCUT2D eigenvalue weighted by atomic mass is 9.61. The maximum absolute atomic E-state index is 3.91. The number of piperidine rings is 3. The summed E-state index contributed by atoms with van der Waals surface area (Å²) in [4.78, 5) is 6.72. The molecule has 4 fully saturated rings. The van der Waals surface area contributed by atoms with Crippen molar-refractivity contribution in [1.82, 2.24) is 15.2 Å². The second-order valence-corrected chi connectivity index (χ2v) is 8.09. The summed E-state index contributed by atoms with van der Waals surface area (Å²) in [5.41, 5.74) is 4.51. The van der Waals surface area contributed by atoms with E-state index in [1.54, 1.807) is 11.3 Å². The number of nitrogens with zero attached hydrogens (tertiary/aromatic N) is 1. The second kappa shape index (κ2) is 4.61. The summed E-state index contributed by atoms with van der Waals surface area (Å²) < 4.78 is 0. The molecule has 3 saturated heterocycles. The molecule has 5 atom stereocenters. The molecule has 0 radical (unpaired) electrons. The van der Waals surface area contributed by atoms with E-state index in [9.17, 15) is 0 Å². The number of rotatable bonds is 0. The van der Waals surface area contributed by atoms with Crippen molar-refractivity contribution in [2.24, 2.45) is 11.8 Å². The van der Waals surface area contributed by atoms with Gasteiger partial charge in [0.25, 0.3) is 0 Å². The molecule has 4 aliphatic heterocycles. The van der Waals surface area contributed by atoms with Crippen LogP contribution in [-0.2, 0) is 6.42 Å². The van der Waals surface area contributed by atoms with Crippen LogP contribution in [0.1, 0.15) is 43.0 Å². The van der Waals surface area contributed by atoms with Crippen molar-refractivity contribution in [2.75, 3.05) is 13.1 Å². The lowest BCUT2D eigenvalue weighted by molar-refractivity contribution is -0.0920. The highest BCUT2D eigenvalue weighted by molar-refractivity contribution is 5.85. The predicted octanol–water partition coefficient (Wildman–Crippen LogP) is 3.23. The summed E-state index contributed by atoms with van der Waals surface area (Å²) in [7, 11) is 0. The molecule has 5 aliphatic rings. The molecule has 1 saturated carbocycles. The highest BCUT2D eigenvalue weighted by Crippen LogP contribution is 2.54. The van der Waals surface area contributed by atoms with E-state index in [1.165, 1.54) is 56.1 Å². The van der Waals surface area contributed by atoms with Crippen molar-refractivity contribution in [3.05, 3.63) is 35.5 Å². The molecule has 120 valence electrons. The van der Waals surface area contributed by atoms with E-state index in [0.29, 0.717) is 6.04 Å². The van der Waals surface area contributed by atoms with Gasteiger partial charge in [-0.15, -0.1) is 0 Å². The molecule has 2 bridgehead atoms. The molecule has 0 spiro atoms. The summed E-state index contributed by atoms with van der Waals surface area (Å²) in [6.45, 7) is 2.50. The van der Waals surface area contributed by atoms with Crippen LogP contribution in [-0.4, -0.2) is 35.1 Å². The van der Waals surface area contributed by atoms with E-state index in [4.69, 9.17) is 0 Å². The molecular weight excluding hydrogens is 282 g/mol. The first-order valence-electron chi connectivity index (χ1n) is 9.50. The lowest BCUT2D eigenvalue weighted by Gasteiger charge is -2.61. The van der Waals surface area contributed by atoms with Crippen LogP contribution in [0, 0.1) is 11.8 Å². The van der Waals surface area contributed by atoms with Crippen LogP contribution in [0.25, 0.3) is 10.9 Å². The quantitative estimate of drug-likeness (QED) is 0.783. The number of aromatic nitrogens is 1. The number of benzene rings is 1. The number of nitrogens with one attached hydrogen (secondary N) is 2. The zero-order chi connectivity index (χ0) is 15.0. The van der Waals surface area contributed by atoms with Crippen LogP contribution in [0.15, 0.2) is 24.3 Å². The summed E-state index contributed by atoms with van der Waals surface area (Å²) in [6.07, 6.45) is 6.89. The molecule has 1 aliphatic carbocycles. The van der Waals surface area contributed by atoms with Gasteiger partial charge in [0.05, 0.1) is 6.04 Å². The minimum Gasteiger partial charge on any atom is -0.357 e. The molecule has 0 amide bonds. The maximum Gasteiger partial charge on any atom is 0.0547 e. The van der Waals surface area contributed by atoms with Crippen molar-refractivity contribution < 1.29 is 0 Å². The highest BCUT2D eigenvalue weighted by atomic mass is 15.3. The van der Waals surface area contributed by atoms with E-state index in [0.717, 1.165) is 23.9 Å². The van der Waals surface area contributed by atoms with Gasteiger partial charge >= 0.3 is 0 Å². The summed E-state index contributed by atoms with van der Waals surface area (Å²) in [5, 5.41) is 5.38. The molecule has 3 heteroatoms. The Morgan fingerprint density at radius 3 is 3.00 bits per heavy atom. The molecular formula is C20H25N3. The number of H-pyrrole nitrogens is 1. The maximum atomic E-state index is 3.91. The first kappa shape index (κ1) is 13.0. The Hall–Kier alpha value is -1.32. The smallest absolute Gasteiger partial charge is 0.0547 e. The van der Waals surface area contributed by atoms with Crippen LogP contribution in [0.2, 0.25) is 0 Å². The van der Waals surface area contributed by atoms with Gasteiger partial charge in [-0.3, -0.25) is 4.90 Å². The fourth-order valence-corrected chi connectivity index (χ4v) is 6.48. The van der Waals surface area contributed by atoms with Gasteiger partial charge in [0.15, 0.2) is 0 Å². The Bertz CT molecular complexity index is 763. The van der Waals surface area contributed by atoms with Crippen molar-refractivity contribution in [1.29, 1.82) is 0 Å².